The maximum Gasteiger partial charge on any atom is 0.296 e. The minimum atomic E-state index is -0.813. The van der Waals surface area contributed by atoms with Gasteiger partial charge in [-0.05, 0) is 49.2 Å². The van der Waals surface area contributed by atoms with Crippen LogP contribution in [0.15, 0.2) is 76.6 Å². The van der Waals surface area contributed by atoms with Gasteiger partial charge in [0.2, 0.25) is 5.78 Å². The van der Waals surface area contributed by atoms with E-state index in [1.807, 2.05) is 56.3 Å². The molecule has 4 aromatic rings. The Bertz CT molecular complexity index is 1350. The highest BCUT2D eigenvalue weighted by Crippen LogP contribution is 2.44. The number of nitrogens with zero attached hydrogens (tertiary/aromatic N) is 2. The zero-order valence-corrected chi connectivity index (χ0v) is 17.6. The molecule has 1 atom stereocenters. The Kier molecular flexibility index (Phi) is 4.48. The van der Waals surface area contributed by atoms with Crippen molar-refractivity contribution in [1.29, 1.82) is 0 Å². The van der Waals surface area contributed by atoms with Gasteiger partial charge in [0.1, 0.15) is 0 Å². The number of rotatable bonds is 4. The van der Waals surface area contributed by atoms with Gasteiger partial charge in [0.25, 0.3) is 5.91 Å². The Labute approximate surface area is 182 Å². The number of aromatic nitrogens is 1. The van der Waals surface area contributed by atoms with Crippen molar-refractivity contribution in [3.05, 3.63) is 94.6 Å². The van der Waals surface area contributed by atoms with E-state index in [0.29, 0.717) is 10.7 Å². The minimum Gasteiger partial charge on any atom is -0.503 e. The van der Waals surface area contributed by atoms with E-state index in [2.05, 4.69) is 4.98 Å². The summed E-state index contributed by atoms with van der Waals surface area (Å²) in [7, 11) is 0. The summed E-state index contributed by atoms with van der Waals surface area (Å²) in [5, 5.41) is 11.2. The second kappa shape index (κ2) is 7.21. The van der Waals surface area contributed by atoms with Crippen LogP contribution in [0.4, 0.5) is 5.13 Å². The number of ketones is 1. The summed E-state index contributed by atoms with van der Waals surface area (Å²) >= 11 is 1.35. The molecule has 2 aromatic heterocycles. The molecule has 5 rings (SSSR count). The van der Waals surface area contributed by atoms with Crippen LogP contribution in [0, 0.1) is 13.8 Å². The standard InChI is InChI=1S/C24H18N2O4S/c1-13-5-8-15(9-6-13)20-19(21(27)17-4-3-11-30-17)22(28)23(29)26(20)24-25-16-10-7-14(2)12-18(16)31-24/h3-12,20,28H,1-2H3/t20-/m1/s1. The van der Waals surface area contributed by atoms with E-state index in [1.54, 1.807) is 6.07 Å². The van der Waals surface area contributed by atoms with E-state index in [0.717, 1.165) is 21.3 Å². The molecule has 1 aliphatic heterocycles. The van der Waals surface area contributed by atoms with E-state index < -0.39 is 23.5 Å². The number of hydrogen-bond donors (Lipinski definition) is 1. The van der Waals surface area contributed by atoms with Crippen molar-refractivity contribution in [3.63, 3.8) is 0 Å². The summed E-state index contributed by atoms with van der Waals surface area (Å²) in [5.74, 6) is -1.70. The Balaban J connectivity index is 1.68. The fraction of sp³-hybridized carbons (Fsp3) is 0.125. The molecule has 1 N–H and O–H groups in total. The monoisotopic (exact) mass is 430 g/mol. The zero-order valence-electron chi connectivity index (χ0n) is 16.8. The molecular formula is C24H18N2O4S. The third-order valence-electron chi connectivity index (χ3n) is 5.33. The summed E-state index contributed by atoms with van der Waals surface area (Å²) in [6.07, 6.45) is 1.39. The predicted molar refractivity (Wildman–Crippen MR) is 118 cm³/mol. The number of carbonyl (C=O) groups is 2. The summed E-state index contributed by atoms with van der Waals surface area (Å²) in [6.45, 7) is 3.95. The number of thiazole rings is 1. The van der Waals surface area contributed by atoms with Gasteiger partial charge in [-0.1, -0.05) is 47.2 Å². The van der Waals surface area contributed by atoms with Crippen LogP contribution in [0.1, 0.15) is 33.3 Å². The largest absolute Gasteiger partial charge is 0.503 e. The molecule has 0 fully saturated rings. The van der Waals surface area contributed by atoms with Crippen LogP contribution in [0.2, 0.25) is 0 Å². The number of anilines is 1. The van der Waals surface area contributed by atoms with Crippen LogP contribution in [0.3, 0.4) is 0 Å². The molecule has 0 bridgehead atoms. The lowest BCUT2D eigenvalue weighted by atomic mass is 9.94. The Hall–Kier alpha value is -3.71. The van der Waals surface area contributed by atoms with Crippen LogP contribution in [0.5, 0.6) is 0 Å². The molecule has 3 heterocycles. The number of hydrogen-bond acceptors (Lipinski definition) is 6. The zero-order chi connectivity index (χ0) is 21.7. The topological polar surface area (TPSA) is 83.6 Å². The second-order valence-electron chi connectivity index (χ2n) is 7.52. The molecule has 1 amide bonds. The molecule has 0 radical (unpaired) electrons. The number of aryl methyl sites for hydroxylation is 2. The molecule has 2 aromatic carbocycles. The molecule has 0 unspecified atom stereocenters. The number of Topliss-reactive ketones (excluding diaryl/α,β-unsaturated/α-hetero) is 1. The normalized spacial score (nSPS) is 16.5. The van der Waals surface area contributed by atoms with Gasteiger partial charge in [-0.2, -0.15) is 0 Å². The average Bonchev–Trinajstić information content (AvgIpc) is 3.47. The molecule has 0 saturated heterocycles. The van der Waals surface area contributed by atoms with Crippen molar-refractivity contribution in [2.24, 2.45) is 0 Å². The Morgan fingerprint density at radius 3 is 2.55 bits per heavy atom. The third-order valence-corrected chi connectivity index (χ3v) is 6.35. The van der Waals surface area contributed by atoms with E-state index in [4.69, 9.17) is 4.42 Å². The summed E-state index contributed by atoms with van der Waals surface area (Å²) in [4.78, 5) is 32.4. The maximum atomic E-state index is 13.2. The van der Waals surface area contributed by atoms with Gasteiger partial charge in [0.15, 0.2) is 16.7 Å². The van der Waals surface area contributed by atoms with Gasteiger partial charge in [-0.15, -0.1) is 0 Å². The van der Waals surface area contributed by atoms with Crippen molar-refractivity contribution in [3.8, 4) is 0 Å². The second-order valence-corrected chi connectivity index (χ2v) is 8.53. The molecule has 1 aliphatic rings. The van der Waals surface area contributed by atoms with Crippen molar-refractivity contribution in [1.82, 2.24) is 4.98 Å². The van der Waals surface area contributed by atoms with Crippen molar-refractivity contribution in [2.45, 2.75) is 19.9 Å². The first-order valence-corrected chi connectivity index (χ1v) is 10.5. The molecular weight excluding hydrogens is 412 g/mol. The number of fused-ring (bicyclic) bond motifs is 1. The molecule has 7 heteroatoms. The van der Waals surface area contributed by atoms with Gasteiger partial charge in [-0.3, -0.25) is 14.5 Å². The lowest BCUT2D eigenvalue weighted by Gasteiger charge is -2.24. The van der Waals surface area contributed by atoms with Crippen LogP contribution < -0.4 is 4.90 Å². The van der Waals surface area contributed by atoms with E-state index in [9.17, 15) is 14.7 Å². The third kappa shape index (κ3) is 3.14. The first-order valence-electron chi connectivity index (χ1n) is 9.72. The predicted octanol–water partition coefficient (Wildman–Crippen LogP) is 5.29. The average molecular weight is 430 g/mol. The molecule has 0 aliphatic carbocycles. The van der Waals surface area contributed by atoms with Crippen LogP contribution in [0.25, 0.3) is 10.2 Å². The summed E-state index contributed by atoms with van der Waals surface area (Å²) in [5.41, 5.74) is 3.57. The fourth-order valence-corrected chi connectivity index (χ4v) is 4.85. The lowest BCUT2D eigenvalue weighted by Crippen LogP contribution is -2.30. The quantitative estimate of drug-likeness (QED) is 0.445. The van der Waals surface area contributed by atoms with Crippen molar-refractivity contribution in [2.75, 3.05) is 4.90 Å². The highest BCUT2D eigenvalue weighted by Gasteiger charge is 2.46. The SMILES string of the molecule is Cc1ccc([C@@H]2C(C(=O)c3ccco3)=C(O)C(=O)N2c2nc3ccc(C)cc3s2)cc1. The molecule has 0 spiro atoms. The Morgan fingerprint density at radius 1 is 1.10 bits per heavy atom. The fourth-order valence-electron chi connectivity index (χ4n) is 3.76. The van der Waals surface area contributed by atoms with Gasteiger partial charge in [0, 0.05) is 0 Å². The molecule has 6 nitrogen and oxygen atoms in total. The van der Waals surface area contributed by atoms with Crippen LogP contribution in [-0.4, -0.2) is 21.8 Å². The van der Waals surface area contributed by atoms with Crippen LogP contribution in [-0.2, 0) is 4.79 Å². The summed E-state index contributed by atoms with van der Waals surface area (Å²) in [6, 6.07) is 15.7. The Morgan fingerprint density at radius 2 is 1.84 bits per heavy atom. The number of carbonyl (C=O) groups excluding carboxylic acids is 2. The highest BCUT2D eigenvalue weighted by atomic mass is 32.1. The van der Waals surface area contributed by atoms with E-state index in [1.165, 1.54) is 28.6 Å². The number of aliphatic hydroxyl groups is 1. The number of benzene rings is 2. The van der Waals surface area contributed by atoms with Crippen molar-refractivity contribution < 1.29 is 19.1 Å². The lowest BCUT2D eigenvalue weighted by molar-refractivity contribution is -0.117. The number of aliphatic hydroxyl groups excluding tert-OH is 1. The molecule has 31 heavy (non-hydrogen) atoms. The smallest absolute Gasteiger partial charge is 0.296 e. The van der Waals surface area contributed by atoms with Gasteiger partial charge in [0.05, 0.1) is 28.1 Å². The van der Waals surface area contributed by atoms with Gasteiger partial charge in [-0.25, -0.2) is 4.98 Å². The highest BCUT2D eigenvalue weighted by molar-refractivity contribution is 7.22. The van der Waals surface area contributed by atoms with Crippen LogP contribution >= 0.6 is 11.3 Å². The maximum absolute atomic E-state index is 13.2. The van der Waals surface area contributed by atoms with E-state index >= 15 is 0 Å². The van der Waals surface area contributed by atoms with Crippen molar-refractivity contribution >= 4 is 38.4 Å². The first-order chi connectivity index (χ1) is 14.9. The molecule has 154 valence electrons. The number of furan rings is 1. The number of amides is 1. The molecule has 0 saturated carbocycles. The first kappa shape index (κ1) is 19.3. The van der Waals surface area contributed by atoms with Gasteiger partial charge < -0.3 is 9.52 Å². The minimum absolute atomic E-state index is 0.0146. The summed E-state index contributed by atoms with van der Waals surface area (Å²) < 4.78 is 6.19. The van der Waals surface area contributed by atoms with E-state index in [-0.39, 0.29) is 11.3 Å². The van der Waals surface area contributed by atoms with Gasteiger partial charge >= 0.3 is 0 Å².